The van der Waals surface area contributed by atoms with Crippen LogP contribution in [0.2, 0.25) is 0 Å². The van der Waals surface area contributed by atoms with Crippen molar-refractivity contribution in [2.24, 2.45) is 0 Å². The Morgan fingerprint density at radius 2 is 1.00 bits per heavy atom. The molecule has 15 heteroatoms. The highest BCUT2D eigenvalue weighted by Gasteiger charge is 2.52. The van der Waals surface area contributed by atoms with Gasteiger partial charge in [-0.1, -0.05) is 17.2 Å². The van der Waals surface area contributed by atoms with Gasteiger partial charge in [0.05, 0.1) is 33.5 Å². The molecule has 0 unspecified atom stereocenters. The maximum Gasteiger partial charge on any atom is 0.495 e. The first kappa shape index (κ1) is 46.3. The highest BCUT2D eigenvalue weighted by molar-refractivity contribution is 14.1. The second-order valence-corrected chi connectivity index (χ2v) is 15.3. The first-order chi connectivity index (χ1) is 24.5. The molecular weight excluding hydrogens is 937 g/mol. The van der Waals surface area contributed by atoms with Gasteiger partial charge in [0.15, 0.2) is 12.6 Å². The Morgan fingerprint density at radius 3 is 1.45 bits per heavy atom. The maximum atomic E-state index is 13.7. The summed E-state index contributed by atoms with van der Waals surface area (Å²) in [5, 5.41) is 0. The summed E-state index contributed by atoms with van der Waals surface area (Å²) in [4.78, 5) is 20.4. The number of hydrogen-bond donors (Lipinski definition) is 0. The average molecular weight is 974 g/mol. The molecule has 1 aliphatic heterocycles. The van der Waals surface area contributed by atoms with Gasteiger partial charge in [-0.05, 0) is 166 Å². The zero-order valence-corrected chi connectivity index (χ0v) is 34.3. The molecule has 1 fully saturated rings. The third-order valence-electron chi connectivity index (χ3n) is 8.32. The van der Waals surface area contributed by atoms with Gasteiger partial charge in [0, 0.05) is 7.14 Å². The molecule has 0 aliphatic carbocycles. The van der Waals surface area contributed by atoms with E-state index in [1.807, 2.05) is 86.7 Å². The number of carbonyl (C=O) groups is 2. The fourth-order valence-electron chi connectivity index (χ4n) is 4.48. The predicted octanol–water partition coefficient (Wildman–Crippen LogP) is 11.5. The highest BCUT2D eigenvalue weighted by atomic mass is 127. The molecule has 0 radical (unpaired) electrons. The zero-order chi connectivity index (χ0) is 40.6. The minimum Gasteiger partial charge on any atom is -0.399 e. The number of halogens is 10. The minimum atomic E-state index is -2.83. The molecule has 0 bridgehead atoms. The molecule has 4 aromatic rings. The SMILES string of the molecule is Cc1cc(C(F)F)c(F)cc1B1OC(C)(C)C(C)(C)O1.Cc1cc(C(F)F)c(F)cc1I.Cc1cc(C=O)c(F)cc1I.Cc1ccc(F)c(C=O)c1. The van der Waals surface area contributed by atoms with Crippen LogP contribution in [0.4, 0.5) is 35.1 Å². The maximum absolute atomic E-state index is 13.7. The van der Waals surface area contributed by atoms with Crippen molar-refractivity contribution in [3.8, 4) is 0 Å². The predicted molar refractivity (Wildman–Crippen MR) is 206 cm³/mol. The number of carbonyl (C=O) groups excluding carboxylic acids is 2. The third-order valence-corrected chi connectivity index (χ3v) is 10.6. The van der Waals surface area contributed by atoms with Gasteiger partial charge in [0.1, 0.15) is 23.3 Å². The summed E-state index contributed by atoms with van der Waals surface area (Å²) >= 11 is 3.93. The van der Waals surface area contributed by atoms with E-state index < -0.39 is 65.6 Å². The molecule has 0 amide bonds. The number of hydrogen-bond acceptors (Lipinski definition) is 4. The molecule has 53 heavy (non-hydrogen) atoms. The summed E-state index contributed by atoms with van der Waals surface area (Å²) in [6, 6.07) is 11.9. The molecule has 0 N–H and O–H groups in total. The van der Waals surface area contributed by atoms with E-state index in [9.17, 15) is 44.7 Å². The smallest absolute Gasteiger partial charge is 0.399 e. The van der Waals surface area contributed by atoms with Crippen LogP contribution in [-0.2, 0) is 9.31 Å². The topological polar surface area (TPSA) is 52.6 Å². The van der Waals surface area contributed by atoms with E-state index in [1.165, 1.54) is 24.3 Å². The monoisotopic (exact) mass is 974 g/mol. The van der Waals surface area contributed by atoms with Crippen LogP contribution < -0.4 is 5.46 Å². The van der Waals surface area contributed by atoms with Gasteiger partial charge < -0.3 is 9.31 Å². The van der Waals surface area contributed by atoms with E-state index in [1.54, 1.807) is 26.0 Å². The van der Waals surface area contributed by atoms with Gasteiger partial charge >= 0.3 is 7.12 Å². The fourth-order valence-corrected chi connectivity index (χ4v) is 5.34. The van der Waals surface area contributed by atoms with Gasteiger partial charge in [-0.15, -0.1) is 0 Å². The lowest BCUT2D eigenvalue weighted by molar-refractivity contribution is 0.00578. The van der Waals surface area contributed by atoms with Crippen LogP contribution in [-0.4, -0.2) is 30.9 Å². The summed E-state index contributed by atoms with van der Waals surface area (Å²) in [6.45, 7) is 14.5. The van der Waals surface area contributed by atoms with Crippen LogP contribution in [0.5, 0.6) is 0 Å². The molecule has 4 nitrogen and oxygen atoms in total. The molecule has 1 heterocycles. The molecule has 286 valence electrons. The Hall–Kier alpha value is -2.90. The lowest BCUT2D eigenvalue weighted by atomic mass is 9.75. The Morgan fingerprint density at radius 1 is 0.585 bits per heavy atom. The Bertz CT molecular complexity index is 1910. The lowest BCUT2D eigenvalue weighted by Gasteiger charge is -2.32. The quantitative estimate of drug-likeness (QED) is 0.0865. The second kappa shape index (κ2) is 19.6. The van der Waals surface area contributed by atoms with Crippen molar-refractivity contribution >= 4 is 70.3 Å². The van der Waals surface area contributed by atoms with Gasteiger partial charge in [0.25, 0.3) is 12.9 Å². The normalized spacial score (nSPS) is 14.1. The van der Waals surface area contributed by atoms with E-state index in [0.717, 1.165) is 32.9 Å². The van der Waals surface area contributed by atoms with E-state index in [-0.39, 0.29) is 11.1 Å². The molecular formula is C38H37BF8I2O4. The Labute approximate surface area is 331 Å². The molecule has 4 aromatic carbocycles. The van der Waals surface area contributed by atoms with Crippen LogP contribution in [0.1, 0.15) is 94.6 Å². The molecule has 0 spiro atoms. The highest BCUT2D eigenvalue weighted by Crippen LogP contribution is 2.37. The number of aryl methyl sites for hydroxylation is 4. The summed E-state index contributed by atoms with van der Waals surface area (Å²) in [5.41, 5.74) is 1.50. The second-order valence-electron chi connectivity index (χ2n) is 12.9. The fraction of sp³-hybridized carbons (Fsp3) is 0.316. The van der Waals surface area contributed by atoms with Gasteiger partial charge in [0.2, 0.25) is 0 Å². The van der Waals surface area contributed by atoms with Crippen LogP contribution in [0, 0.1) is 58.1 Å². The van der Waals surface area contributed by atoms with E-state index >= 15 is 0 Å². The van der Waals surface area contributed by atoms with Crippen molar-refractivity contribution in [2.75, 3.05) is 0 Å². The first-order valence-electron chi connectivity index (χ1n) is 15.8. The van der Waals surface area contributed by atoms with Crippen LogP contribution in [0.3, 0.4) is 0 Å². The molecule has 1 aliphatic rings. The van der Waals surface area contributed by atoms with Crippen LogP contribution in [0.25, 0.3) is 0 Å². The van der Waals surface area contributed by atoms with Crippen LogP contribution >= 0.6 is 45.2 Å². The Balaban J connectivity index is 0.000000256. The van der Waals surface area contributed by atoms with Gasteiger partial charge in [-0.2, -0.15) is 0 Å². The molecule has 0 atom stereocenters. The third kappa shape index (κ3) is 12.6. The number of rotatable bonds is 5. The van der Waals surface area contributed by atoms with Crippen molar-refractivity contribution in [3.63, 3.8) is 0 Å². The minimum absolute atomic E-state index is 0.125. The van der Waals surface area contributed by atoms with Crippen molar-refractivity contribution in [1.82, 2.24) is 0 Å². The van der Waals surface area contributed by atoms with Crippen molar-refractivity contribution in [1.29, 1.82) is 0 Å². The van der Waals surface area contributed by atoms with E-state index in [0.29, 0.717) is 32.7 Å². The van der Waals surface area contributed by atoms with Gasteiger partial charge in [-0.3, -0.25) is 9.59 Å². The average Bonchev–Trinajstić information content (AvgIpc) is 3.29. The standard InChI is InChI=1S/C14H18BF3O2.C8H6F3I.C8H6FIO.C8H7FO/c1-8-6-9(12(17)18)11(16)7-10(8)15-19-13(2,3)14(4,5)20-15;1-4-2-5(8(10)11)6(9)3-7(4)12;1-5-2-6(4-11)7(9)3-8(5)10;1-6-2-3-8(9)7(4-6)5-10/h6-7,12H,1-5H3;2-3,8H,1H3;2-4H,1H3;2-5H,1H3. The van der Waals surface area contributed by atoms with Crippen molar-refractivity contribution in [3.05, 3.63) is 130 Å². The van der Waals surface area contributed by atoms with E-state index in [2.05, 4.69) is 0 Å². The number of alkyl halides is 4. The largest absolute Gasteiger partial charge is 0.495 e. The zero-order valence-electron chi connectivity index (χ0n) is 30.0. The molecule has 1 saturated heterocycles. The van der Waals surface area contributed by atoms with E-state index in [4.69, 9.17) is 9.31 Å². The van der Waals surface area contributed by atoms with Crippen molar-refractivity contribution in [2.45, 2.75) is 79.4 Å². The number of benzene rings is 4. The van der Waals surface area contributed by atoms with Gasteiger partial charge in [-0.25, -0.2) is 35.1 Å². The lowest BCUT2D eigenvalue weighted by Crippen LogP contribution is -2.41. The molecule has 0 saturated carbocycles. The Kier molecular flexibility index (Phi) is 17.1. The van der Waals surface area contributed by atoms with Crippen LogP contribution in [0.15, 0.2) is 54.6 Å². The summed E-state index contributed by atoms with van der Waals surface area (Å²) in [5.74, 6) is -2.68. The summed E-state index contributed by atoms with van der Waals surface area (Å²) < 4.78 is 114. The summed E-state index contributed by atoms with van der Waals surface area (Å²) in [6.07, 6.45) is -4.53. The summed E-state index contributed by atoms with van der Waals surface area (Å²) in [7, 11) is -0.749. The molecule has 0 aromatic heterocycles. The number of aldehydes is 2. The van der Waals surface area contributed by atoms with Crippen molar-refractivity contribution < 1.29 is 54.0 Å². The first-order valence-corrected chi connectivity index (χ1v) is 17.9. The molecule has 5 rings (SSSR count).